The summed E-state index contributed by atoms with van der Waals surface area (Å²) in [6, 6.07) is 6.16. The lowest BCUT2D eigenvalue weighted by Gasteiger charge is -2.20. The third kappa shape index (κ3) is 5.43. The molecule has 1 aromatic carbocycles. The first-order chi connectivity index (χ1) is 9.93. The van der Waals surface area contributed by atoms with Gasteiger partial charge in [-0.2, -0.15) is 0 Å². The molecule has 2 N–H and O–H groups in total. The molecule has 0 aliphatic carbocycles. The van der Waals surface area contributed by atoms with Crippen LogP contribution in [0.3, 0.4) is 0 Å². The van der Waals surface area contributed by atoms with Crippen molar-refractivity contribution in [2.24, 2.45) is 0 Å². The lowest BCUT2D eigenvalue weighted by atomic mass is 10.1. The Balaban J connectivity index is 2.53. The van der Waals surface area contributed by atoms with Crippen LogP contribution in [0.5, 0.6) is 0 Å². The summed E-state index contributed by atoms with van der Waals surface area (Å²) in [5.74, 6) is -1.05. The molecule has 0 atom stereocenters. The lowest BCUT2D eigenvalue weighted by Crippen LogP contribution is -2.38. The van der Waals surface area contributed by atoms with Crippen molar-refractivity contribution in [3.05, 3.63) is 29.8 Å². The van der Waals surface area contributed by atoms with Gasteiger partial charge in [-0.15, -0.1) is 0 Å². The van der Waals surface area contributed by atoms with E-state index >= 15 is 0 Å². The average Bonchev–Trinajstić information content (AvgIpc) is 2.45. The van der Waals surface area contributed by atoms with E-state index in [1.165, 1.54) is 11.0 Å². The number of hydrogen-bond donors (Lipinski definition) is 2. The van der Waals surface area contributed by atoms with Crippen molar-refractivity contribution >= 4 is 17.7 Å². The minimum atomic E-state index is -1.05. The van der Waals surface area contributed by atoms with Gasteiger partial charge >= 0.3 is 12.0 Å². The summed E-state index contributed by atoms with van der Waals surface area (Å²) in [4.78, 5) is 26.6. The van der Waals surface area contributed by atoms with Gasteiger partial charge < -0.3 is 15.3 Å². The van der Waals surface area contributed by atoms with Gasteiger partial charge in [0.15, 0.2) is 0 Å². The van der Waals surface area contributed by atoms with Crippen molar-refractivity contribution in [3.8, 4) is 0 Å². The molecule has 0 aliphatic rings. The molecule has 0 unspecified atom stereocenters. The largest absolute Gasteiger partial charge is 0.478 e. The van der Waals surface area contributed by atoms with Crippen LogP contribution in [0.2, 0.25) is 0 Å². The Kier molecular flexibility index (Phi) is 6.68. The molecule has 0 saturated carbocycles. The van der Waals surface area contributed by atoms with Crippen molar-refractivity contribution in [1.29, 1.82) is 0 Å². The maximum Gasteiger partial charge on any atom is 0.337 e. The van der Waals surface area contributed by atoms with Crippen LogP contribution in [0.4, 0.5) is 10.5 Å². The Labute approximate surface area is 125 Å². The van der Waals surface area contributed by atoms with Gasteiger partial charge in [-0.3, -0.25) is 4.90 Å². The number of aromatic carboxylic acids is 1. The SMILES string of the molecule is CN(C)CCCCNC(=O)N(C)c1ccccc1C(=O)O. The highest BCUT2D eigenvalue weighted by Gasteiger charge is 2.17. The molecule has 0 spiro atoms. The number of carbonyl (C=O) groups is 2. The Morgan fingerprint density at radius 3 is 2.43 bits per heavy atom. The number of urea groups is 1. The van der Waals surface area contributed by atoms with Gasteiger partial charge in [-0.05, 0) is 45.6 Å². The van der Waals surface area contributed by atoms with Crippen LogP contribution >= 0.6 is 0 Å². The number of rotatable bonds is 7. The molecule has 21 heavy (non-hydrogen) atoms. The van der Waals surface area contributed by atoms with E-state index in [4.69, 9.17) is 5.11 Å². The molecule has 1 rings (SSSR count). The minimum absolute atomic E-state index is 0.114. The Bertz CT molecular complexity index is 489. The second-order valence-corrected chi connectivity index (χ2v) is 5.12. The molecule has 0 radical (unpaired) electrons. The number of nitrogens with zero attached hydrogens (tertiary/aromatic N) is 2. The molecule has 0 heterocycles. The second kappa shape index (κ2) is 8.26. The topological polar surface area (TPSA) is 72.9 Å². The van der Waals surface area contributed by atoms with Crippen molar-refractivity contribution < 1.29 is 14.7 Å². The van der Waals surface area contributed by atoms with E-state index in [1.54, 1.807) is 25.2 Å². The van der Waals surface area contributed by atoms with E-state index in [1.807, 2.05) is 14.1 Å². The molecule has 0 fully saturated rings. The summed E-state index contributed by atoms with van der Waals surface area (Å²) in [6.07, 6.45) is 1.89. The molecule has 6 heteroatoms. The third-order valence-corrected chi connectivity index (χ3v) is 3.11. The zero-order chi connectivity index (χ0) is 15.8. The molecule has 0 aliphatic heterocycles. The summed E-state index contributed by atoms with van der Waals surface area (Å²) in [5.41, 5.74) is 0.499. The Morgan fingerprint density at radius 1 is 1.14 bits per heavy atom. The summed E-state index contributed by atoms with van der Waals surface area (Å²) in [7, 11) is 5.58. The van der Waals surface area contributed by atoms with Crippen molar-refractivity contribution in [2.75, 3.05) is 39.1 Å². The number of benzene rings is 1. The molecule has 1 aromatic rings. The van der Waals surface area contributed by atoms with Gasteiger partial charge in [0.2, 0.25) is 0 Å². The normalized spacial score (nSPS) is 10.5. The van der Waals surface area contributed by atoms with Crippen LogP contribution < -0.4 is 10.2 Å². The molecule has 2 amide bonds. The van der Waals surface area contributed by atoms with E-state index in [9.17, 15) is 9.59 Å². The van der Waals surface area contributed by atoms with Crippen molar-refractivity contribution in [2.45, 2.75) is 12.8 Å². The number of amides is 2. The molecule has 0 saturated heterocycles. The molecular formula is C15H23N3O3. The zero-order valence-corrected chi connectivity index (χ0v) is 12.8. The quantitative estimate of drug-likeness (QED) is 0.753. The number of hydrogen-bond acceptors (Lipinski definition) is 3. The van der Waals surface area contributed by atoms with Crippen LogP contribution in [0, 0.1) is 0 Å². The maximum absolute atomic E-state index is 12.0. The molecule has 116 valence electrons. The monoisotopic (exact) mass is 293 g/mol. The number of carboxylic acids is 1. The number of unbranched alkanes of at least 4 members (excludes halogenated alkanes) is 1. The van der Waals surface area contributed by atoms with Gasteiger partial charge in [0.1, 0.15) is 0 Å². The van der Waals surface area contributed by atoms with E-state index < -0.39 is 5.97 Å². The standard InChI is InChI=1S/C15H23N3O3/c1-17(2)11-7-6-10-16-15(21)18(3)13-9-5-4-8-12(13)14(19)20/h4-5,8-9H,6-7,10-11H2,1-3H3,(H,16,21)(H,19,20). The van der Waals surface area contributed by atoms with E-state index in [2.05, 4.69) is 10.2 Å². The van der Waals surface area contributed by atoms with Gasteiger partial charge in [-0.25, -0.2) is 9.59 Å². The molecule has 0 bridgehead atoms. The predicted molar refractivity (Wildman–Crippen MR) is 83.0 cm³/mol. The fraction of sp³-hybridized carbons (Fsp3) is 0.467. The predicted octanol–water partition coefficient (Wildman–Crippen LogP) is 1.87. The van der Waals surface area contributed by atoms with Gasteiger partial charge in [0, 0.05) is 13.6 Å². The van der Waals surface area contributed by atoms with Crippen LogP contribution in [0.1, 0.15) is 23.2 Å². The number of nitrogens with one attached hydrogen (secondary N) is 1. The molecule has 6 nitrogen and oxygen atoms in total. The smallest absolute Gasteiger partial charge is 0.337 e. The number of anilines is 1. The van der Waals surface area contributed by atoms with E-state index in [-0.39, 0.29) is 11.6 Å². The average molecular weight is 293 g/mol. The highest BCUT2D eigenvalue weighted by atomic mass is 16.4. The van der Waals surface area contributed by atoms with E-state index in [0.29, 0.717) is 12.2 Å². The number of carbonyl (C=O) groups excluding carboxylic acids is 1. The molecular weight excluding hydrogens is 270 g/mol. The lowest BCUT2D eigenvalue weighted by molar-refractivity contribution is 0.0697. The first kappa shape index (κ1) is 17.0. The van der Waals surface area contributed by atoms with Gasteiger partial charge in [0.25, 0.3) is 0 Å². The fourth-order valence-electron chi connectivity index (χ4n) is 1.92. The zero-order valence-electron chi connectivity index (χ0n) is 12.8. The summed E-state index contributed by atoms with van der Waals surface area (Å²) < 4.78 is 0. The summed E-state index contributed by atoms with van der Waals surface area (Å²) in [6.45, 7) is 1.56. The maximum atomic E-state index is 12.0. The minimum Gasteiger partial charge on any atom is -0.478 e. The van der Waals surface area contributed by atoms with Crippen LogP contribution in [0.15, 0.2) is 24.3 Å². The second-order valence-electron chi connectivity index (χ2n) is 5.12. The Morgan fingerprint density at radius 2 is 1.81 bits per heavy atom. The highest BCUT2D eigenvalue weighted by Crippen LogP contribution is 2.19. The van der Waals surface area contributed by atoms with Crippen LogP contribution in [-0.4, -0.2) is 56.2 Å². The molecule has 0 aromatic heterocycles. The third-order valence-electron chi connectivity index (χ3n) is 3.11. The van der Waals surface area contributed by atoms with Gasteiger partial charge in [0.05, 0.1) is 11.3 Å². The fourth-order valence-corrected chi connectivity index (χ4v) is 1.92. The highest BCUT2D eigenvalue weighted by molar-refractivity contribution is 6.01. The van der Waals surface area contributed by atoms with E-state index in [0.717, 1.165) is 19.4 Å². The van der Waals surface area contributed by atoms with Crippen molar-refractivity contribution in [3.63, 3.8) is 0 Å². The first-order valence-electron chi connectivity index (χ1n) is 6.92. The summed E-state index contributed by atoms with van der Waals surface area (Å²) in [5, 5.41) is 11.9. The van der Waals surface area contributed by atoms with Crippen molar-refractivity contribution in [1.82, 2.24) is 10.2 Å². The first-order valence-corrected chi connectivity index (χ1v) is 6.92. The number of para-hydroxylation sites is 1. The summed E-state index contributed by atoms with van der Waals surface area (Å²) >= 11 is 0. The van der Waals surface area contributed by atoms with Crippen LogP contribution in [0.25, 0.3) is 0 Å². The van der Waals surface area contributed by atoms with Gasteiger partial charge in [-0.1, -0.05) is 12.1 Å². The Hall–Kier alpha value is -2.08. The number of carboxylic acid groups (broad SMARTS) is 1. The van der Waals surface area contributed by atoms with Crippen LogP contribution in [-0.2, 0) is 0 Å².